The highest BCUT2D eigenvalue weighted by Gasteiger charge is 2.10. The van der Waals surface area contributed by atoms with Crippen LogP contribution >= 0.6 is 0 Å². The zero-order valence-electron chi connectivity index (χ0n) is 16.9. The second-order valence-electron chi connectivity index (χ2n) is 6.63. The van der Waals surface area contributed by atoms with Crippen molar-refractivity contribution in [1.82, 2.24) is 0 Å². The Morgan fingerprint density at radius 3 is 2.44 bits per heavy atom. The molecule has 0 aliphatic rings. The molecule has 2 rings (SSSR count). The normalized spacial score (nSPS) is 11.3. The molecule has 0 aromatic heterocycles. The molecule has 0 atom stereocenters. The fraction of sp³-hybridized carbons (Fsp3) is 0.375. The molecule has 0 radical (unpaired) electrons. The molecule has 27 heavy (non-hydrogen) atoms. The first kappa shape index (κ1) is 20.8. The summed E-state index contributed by atoms with van der Waals surface area (Å²) in [6.45, 7) is 4.35. The third kappa shape index (κ3) is 5.46. The Kier molecular flexibility index (Phi) is 8.12. The monoisotopic (exact) mass is 366 g/mol. The van der Waals surface area contributed by atoms with Crippen LogP contribution in [0.5, 0.6) is 11.5 Å². The number of hydrogen-bond donors (Lipinski definition) is 0. The van der Waals surface area contributed by atoms with E-state index in [9.17, 15) is 4.79 Å². The maximum atomic E-state index is 11.9. The van der Waals surface area contributed by atoms with Crippen molar-refractivity contribution in [3.63, 3.8) is 0 Å². The molecule has 0 spiro atoms. The van der Waals surface area contributed by atoms with Gasteiger partial charge in [-0.15, -0.1) is 0 Å². The summed E-state index contributed by atoms with van der Waals surface area (Å²) in [6.07, 6.45) is 8.47. The number of unbranched alkanes of at least 4 members (excludes halogenated alkanes) is 2. The molecule has 0 fully saturated rings. The van der Waals surface area contributed by atoms with E-state index in [2.05, 4.69) is 32.0 Å². The molecule has 3 heteroatoms. The van der Waals surface area contributed by atoms with E-state index in [1.165, 1.54) is 30.4 Å². The average Bonchev–Trinajstić information content (AvgIpc) is 2.72. The van der Waals surface area contributed by atoms with E-state index in [-0.39, 0.29) is 0 Å². The lowest BCUT2D eigenvalue weighted by molar-refractivity contribution is -0.103. The Bertz CT molecular complexity index is 790. The van der Waals surface area contributed by atoms with Gasteiger partial charge in [0.1, 0.15) is 11.5 Å². The number of benzene rings is 2. The predicted octanol–water partition coefficient (Wildman–Crippen LogP) is 5.74. The Labute approximate surface area is 163 Å². The summed E-state index contributed by atoms with van der Waals surface area (Å²) in [5, 5.41) is 0. The first-order chi connectivity index (χ1) is 13.2. The van der Waals surface area contributed by atoms with Crippen molar-refractivity contribution >= 4 is 17.9 Å². The number of carbonyl (C=O) groups is 1. The summed E-state index contributed by atoms with van der Waals surface area (Å²) in [6, 6.07) is 12.1. The number of allylic oxidation sites excluding steroid dienone is 1. The third-order valence-corrected chi connectivity index (χ3v) is 4.81. The molecule has 2 aromatic rings. The number of aldehydes is 1. The molecule has 0 bridgehead atoms. The van der Waals surface area contributed by atoms with Crippen molar-refractivity contribution in [3.05, 3.63) is 58.7 Å². The second kappa shape index (κ2) is 10.6. The third-order valence-electron chi connectivity index (χ3n) is 4.81. The van der Waals surface area contributed by atoms with E-state index in [0.717, 1.165) is 36.0 Å². The van der Waals surface area contributed by atoms with Crippen LogP contribution in [-0.4, -0.2) is 20.5 Å². The summed E-state index contributed by atoms with van der Waals surface area (Å²) in [7, 11) is 3.24. The van der Waals surface area contributed by atoms with Gasteiger partial charge in [-0.25, -0.2) is 0 Å². The fourth-order valence-electron chi connectivity index (χ4n) is 3.24. The number of ether oxygens (including phenoxy) is 2. The Hall–Kier alpha value is -2.55. The quantitative estimate of drug-likeness (QED) is 0.233. The summed E-state index contributed by atoms with van der Waals surface area (Å²) in [5.74, 6) is 1.41. The number of methoxy groups -OCH3 is 2. The SMILES string of the molecule is CCCCCc1ccc(/C(C=O)=C/c2ccc(OC)cc2OC)c(CC)c1. The number of carbonyl (C=O) groups excluding carboxylic acids is 1. The minimum Gasteiger partial charge on any atom is -0.497 e. The first-order valence-electron chi connectivity index (χ1n) is 9.67. The van der Waals surface area contributed by atoms with Crippen molar-refractivity contribution in [2.75, 3.05) is 14.2 Å². The lowest BCUT2D eigenvalue weighted by Gasteiger charge is -2.12. The minimum atomic E-state index is 0.662. The standard InChI is InChI=1S/C24H30O3/c1-5-7-8-9-18-10-13-23(19(6-2)14-18)21(17-25)15-20-11-12-22(26-3)16-24(20)27-4/h10-17H,5-9H2,1-4H3/b21-15+. The summed E-state index contributed by atoms with van der Waals surface area (Å²) in [5.41, 5.74) is 5.06. The highest BCUT2D eigenvalue weighted by Crippen LogP contribution is 2.29. The van der Waals surface area contributed by atoms with Crippen LogP contribution in [-0.2, 0) is 17.6 Å². The molecule has 144 valence electrons. The number of aryl methyl sites for hydroxylation is 2. The lowest BCUT2D eigenvalue weighted by atomic mass is 9.93. The smallest absolute Gasteiger partial charge is 0.150 e. The van der Waals surface area contributed by atoms with E-state index >= 15 is 0 Å². The average molecular weight is 367 g/mol. The Morgan fingerprint density at radius 2 is 1.81 bits per heavy atom. The molecule has 0 heterocycles. The zero-order valence-corrected chi connectivity index (χ0v) is 16.9. The molecule has 3 nitrogen and oxygen atoms in total. The lowest BCUT2D eigenvalue weighted by Crippen LogP contribution is -1.97. The van der Waals surface area contributed by atoms with Crippen LogP contribution in [0.2, 0.25) is 0 Å². The van der Waals surface area contributed by atoms with Crippen molar-refractivity contribution < 1.29 is 14.3 Å². The highest BCUT2D eigenvalue weighted by atomic mass is 16.5. The summed E-state index contributed by atoms with van der Waals surface area (Å²) in [4.78, 5) is 11.9. The van der Waals surface area contributed by atoms with Crippen molar-refractivity contribution in [3.8, 4) is 11.5 Å². The van der Waals surface area contributed by atoms with Gasteiger partial charge in [0.05, 0.1) is 14.2 Å². The Balaban J connectivity index is 2.39. The first-order valence-corrected chi connectivity index (χ1v) is 9.67. The minimum absolute atomic E-state index is 0.662. The Morgan fingerprint density at radius 1 is 1.00 bits per heavy atom. The van der Waals surface area contributed by atoms with Gasteiger partial charge in [0.2, 0.25) is 0 Å². The van der Waals surface area contributed by atoms with Crippen LogP contribution in [0.25, 0.3) is 11.6 Å². The molecule has 0 amide bonds. The number of hydrogen-bond acceptors (Lipinski definition) is 3. The predicted molar refractivity (Wildman–Crippen MR) is 113 cm³/mol. The van der Waals surface area contributed by atoms with E-state index in [1.807, 2.05) is 24.3 Å². The molecule has 0 saturated heterocycles. The van der Waals surface area contributed by atoms with E-state index in [1.54, 1.807) is 14.2 Å². The fourth-order valence-corrected chi connectivity index (χ4v) is 3.24. The topological polar surface area (TPSA) is 35.5 Å². The van der Waals surface area contributed by atoms with E-state index in [4.69, 9.17) is 9.47 Å². The van der Waals surface area contributed by atoms with Gasteiger partial charge in [-0.05, 0) is 54.2 Å². The molecule has 0 N–H and O–H groups in total. The second-order valence-corrected chi connectivity index (χ2v) is 6.63. The molecule has 2 aromatic carbocycles. The largest absolute Gasteiger partial charge is 0.497 e. The molecule has 0 aliphatic carbocycles. The van der Waals surface area contributed by atoms with Crippen LogP contribution in [0.4, 0.5) is 0 Å². The van der Waals surface area contributed by atoms with Gasteiger partial charge in [0, 0.05) is 17.2 Å². The maximum absolute atomic E-state index is 11.9. The summed E-state index contributed by atoms with van der Waals surface area (Å²) >= 11 is 0. The van der Waals surface area contributed by atoms with Crippen LogP contribution in [0.3, 0.4) is 0 Å². The number of rotatable bonds is 10. The summed E-state index contributed by atoms with van der Waals surface area (Å²) < 4.78 is 10.7. The highest BCUT2D eigenvalue weighted by molar-refractivity contribution is 6.14. The molecular weight excluding hydrogens is 336 g/mol. The van der Waals surface area contributed by atoms with Crippen molar-refractivity contribution in [1.29, 1.82) is 0 Å². The van der Waals surface area contributed by atoms with Crippen LogP contribution in [0, 0.1) is 0 Å². The molecule has 0 saturated carbocycles. The molecular formula is C24H30O3. The van der Waals surface area contributed by atoms with Gasteiger partial charge in [-0.3, -0.25) is 4.79 Å². The van der Waals surface area contributed by atoms with Crippen LogP contribution in [0.15, 0.2) is 36.4 Å². The van der Waals surface area contributed by atoms with Gasteiger partial charge in [-0.1, -0.05) is 44.9 Å². The van der Waals surface area contributed by atoms with E-state index in [0.29, 0.717) is 11.3 Å². The van der Waals surface area contributed by atoms with Gasteiger partial charge in [0.25, 0.3) is 0 Å². The van der Waals surface area contributed by atoms with Crippen molar-refractivity contribution in [2.45, 2.75) is 46.0 Å². The van der Waals surface area contributed by atoms with Crippen molar-refractivity contribution in [2.24, 2.45) is 0 Å². The maximum Gasteiger partial charge on any atom is 0.150 e. The van der Waals surface area contributed by atoms with Crippen LogP contribution in [0.1, 0.15) is 55.4 Å². The van der Waals surface area contributed by atoms with Crippen LogP contribution < -0.4 is 9.47 Å². The van der Waals surface area contributed by atoms with Gasteiger partial charge < -0.3 is 9.47 Å². The van der Waals surface area contributed by atoms with Gasteiger partial charge in [-0.2, -0.15) is 0 Å². The zero-order chi connectivity index (χ0) is 19.6. The molecule has 0 unspecified atom stereocenters. The van der Waals surface area contributed by atoms with Gasteiger partial charge in [0.15, 0.2) is 6.29 Å². The van der Waals surface area contributed by atoms with Gasteiger partial charge >= 0.3 is 0 Å². The molecule has 0 aliphatic heterocycles. The van der Waals surface area contributed by atoms with E-state index < -0.39 is 0 Å².